The maximum absolute atomic E-state index is 10.5. The van der Waals surface area contributed by atoms with Crippen LogP contribution in [0.25, 0.3) is 0 Å². The van der Waals surface area contributed by atoms with Crippen molar-refractivity contribution in [2.45, 2.75) is 65.9 Å². The van der Waals surface area contributed by atoms with Gasteiger partial charge < -0.3 is 5.11 Å². The molecule has 1 N–H and O–H groups in total. The molecule has 1 nitrogen and oxygen atoms in total. The summed E-state index contributed by atoms with van der Waals surface area (Å²) in [5, 5.41) is 10.5. The van der Waals surface area contributed by atoms with Crippen LogP contribution in [-0.2, 0) is 0 Å². The largest absolute Gasteiger partial charge is 0.388 e. The Labute approximate surface area is 112 Å². The van der Waals surface area contributed by atoms with E-state index in [1.54, 1.807) is 0 Å². The van der Waals surface area contributed by atoms with Gasteiger partial charge in [0.05, 0.1) is 6.10 Å². The third-order valence-electron chi connectivity index (χ3n) is 4.71. The molecule has 18 heavy (non-hydrogen) atoms. The van der Waals surface area contributed by atoms with Crippen LogP contribution in [0.15, 0.2) is 24.3 Å². The average Bonchev–Trinajstić information content (AvgIpc) is 2.44. The molecule has 0 radical (unpaired) electrons. The van der Waals surface area contributed by atoms with Crippen LogP contribution in [-0.4, -0.2) is 5.11 Å². The van der Waals surface area contributed by atoms with Gasteiger partial charge in [-0.3, -0.25) is 0 Å². The molecule has 0 amide bonds. The van der Waals surface area contributed by atoms with Gasteiger partial charge in [0.2, 0.25) is 0 Å². The van der Waals surface area contributed by atoms with Gasteiger partial charge in [0.1, 0.15) is 0 Å². The number of aliphatic hydroxyl groups excluding tert-OH is 1. The molecule has 0 aliphatic heterocycles. The molecule has 1 aromatic carbocycles. The zero-order valence-electron chi connectivity index (χ0n) is 12.5. The van der Waals surface area contributed by atoms with Gasteiger partial charge in [-0.05, 0) is 41.7 Å². The van der Waals surface area contributed by atoms with Crippen molar-refractivity contribution in [2.75, 3.05) is 0 Å². The third kappa shape index (κ3) is 3.14. The minimum atomic E-state index is -0.363. The molecule has 102 valence electrons. The second-order valence-corrected chi connectivity index (χ2v) is 5.74. The van der Waals surface area contributed by atoms with Gasteiger partial charge >= 0.3 is 0 Å². The van der Waals surface area contributed by atoms with Crippen molar-refractivity contribution in [1.29, 1.82) is 0 Å². The molecule has 0 spiro atoms. The highest BCUT2D eigenvalue weighted by Gasteiger charge is 2.30. The van der Waals surface area contributed by atoms with Gasteiger partial charge in [0.25, 0.3) is 0 Å². The van der Waals surface area contributed by atoms with Crippen LogP contribution >= 0.6 is 0 Å². The van der Waals surface area contributed by atoms with E-state index in [1.807, 2.05) is 0 Å². The Morgan fingerprint density at radius 2 is 1.44 bits per heavy atom. The summed E-state index contributed by atoms with van der Waals surface area (Å²) in [6, 6.07) is 8.52. The van der Waals surface area contributed by atoms with Crippen molar-refractivity contribution >= 4 is 0 Å². The molecule has 2 unspecified atom stereocenters. The summed E-state index contributed by atoms with van der Waals surface area (Å²) < 4.78 is 0. The van der Waals surface area contributed by atoms with E-state index >= 15 is 0 Å². The van der Waals surface area contributed by atoms with E-state index in [-0.39, 0.29) is 11.5 Å². The number of hydrogen-bond acceptors (Lipinski definition) is 1. The molecule has 1 aromatic rings. The van der Waals surface area contributed by atoms with Crippen molar-refractivity contribution in [3.63, 3.8) is 0 Å². The maximum atomic E-state index is 10.5. The number of rotatable bonds is 6. The summed E-state index contributed by atoms with van der Waals surface area (Å²) in [5.74, 6) is 0.597. The minimum Gasteiger partial charge on any atom is -0.388 e. The van der Waals surface area contributed by atoms with Gasteiger partial charge in [-0.25, -0.2) is 0 Å². The van der Waals surface area contributed by atoms with Crippen LogP contribution < -0.4 is 0 Å². The molecule has 1 heteroatoms. The van der Waals surface area contributed by atoms with Gasteiger partial charge in [-0.1, -0.05) is 58.9 Å². The van der Waals surface area contributed by atoms with Crippen molar-refractivity contribution in [3.8, 4) is 0 Å². The van der Waals surface area contributed by atoms with E-state index < -0.39 is 0 Å². The Bertz CT molecular complexity index is 348. The quantitative estimate of drug-likeness (QED) is 0.746. The van der Waals surface area contributed by atoms with E-state index in [9.17, 15) is 5.11 Å². The van der Waals surface area contributed by atoms with Crippen LogP contribution in [0, 0.1) is 5.41 Å². The number of benzene rings is 1. The first-order chi connectivity index (χ1) is 8.48. The zero-order chi connectivity index (χ0) is 13.8. The molecular formula is C17H28O. The third-order valence-corrected chi connectivity index (χ3v) is 4.71. The lowest BCUT2D eigenvalue weighted by molar-refractivity contribution is 0.0298. The summed E-state index contributed by atoms with van der Waals surface area (Å²) in [4.78, 5) is 0. The first-order valence-corrected chi connectivity index (χ1v) is 7.26. The Balaban J connectivity index is 2.91. The SMILES string of the molecule is CCC(C)c1ccc(C(O)C(C)(CC)CC)cc1. The van der Waals surface area contributed by atoms with Crippen molar-refractivity contribution < 1.29 is 5.11 Å². The Morgan fingerprint density at radius 3 is 1.83 bits per heavy atom. The standard InChI is InChI=1S/C17H28O/c1-6-13(4)14-9-11-15(12-10-14)16(18)17(5,7-2)8-3/h9-13,16,18H,6-8H2,1-5H3. The summed E-state index contributed by atoms with van der Waals surface area (Å²) in [6.45, 7) is 10.9. The summed E-state index contributed by atoms with van der Waals surface area (Å²) >= 11 is 0. The lowest BCUT2D eigenvalue weighted by Crippen LogP contribution is -2.24. The van der Waals surface area contributed by atoms with E-state index in [1.165, 1.54) is 5.56 Å². The Morgan fingerprint density at radius 1 is 1.00 bits per heavy atom. The van der Waals surface area contributed by atoms with Gasteiger partial charge in [-0.2, -0.15) is 0 Å². The molecule has 1 rings (SSSR count). The average molecular weight is 248 g/mol. The van der Waals surface area contributed by atoms with Gasteiger partial charge in [0, 0.05) is 0 Å². The zero-order valence-corrected chi connectivity index (χ0v) is 12.5. The molecule has 0 aliphatic rings. The second-order valence-electron chi connectivity index (χ2n) is 5.74. The number of hydrogen-bond donors (Lipinski definition) is 1. The highest BCUT2D eigenvalue weighted by Crippen LogP contribution is 2.39. The minimum absolute atomic E-state index is 0.0160. The van der Waals surface area contributed by atoms with Crippen LogP contribution in [0.4, 0.5) is 0 Å². The fourth-order valence-corrected chi connectivity index (χ4v) is 2.28. The fraction of sp³-hybridized carbons (Fsp3) is 0.647. The van der Waals surface area contributed by atoms with E-state index in [0.29, 0.717) is 5.92 Å². The molecule has 0 saturated heterocycles. The second kappa shape index (κ2) is 6.38. The summed E-state index contributed by atoms with van der Waals surface area (Å²) in [6.07, 6.45) is 2.79. The molecule has 2 atom stereocenters. The summed E-state index contributed by atoms with van der Waals surface area (Å²) in [5.41, 5.74) is 2.40. The van der Waals surface area contributed by atoms with Crippen molar-refractivity contribution in [3.05, 3.63) is 35.4 Å². The predicted octanol–water partition coefficient (Wildman–Crippen LogP) is 5.06. The predicted molar refractivity (Wildman–Crippen MR) is 78.8 cm³/mol. The van der Waals surface area contributed by atoms with E-state index in [0.717, 1.165) is 24.8 Å². The first-order valence-electron chi connectivity index (χ1n) is 7.26. The van der Waals surface area contributed by atoms with Gasteiger partial charge in [0.15, 0.2) is 0 Å². The fourth-order valence-electron chi connectivity index (χ4n) is 2.28. The van der Waals surface area contributed by atoms with E-state index in [2.05, 4.69) is 58.9 Å². The molecule has 0 aromatic heterocycles. The van der Waals surface area contributed by atoms with Gasteiger partial charge in [-0.15, -0.1) is 0 Å². The highest BCUT2D eigenvalue weighted by molar-refractivity contribution is 5.27. The van der Waals surface area contributed by atoms with Crippen LogP contribution in [0.2, 0.25) is 0 Å². The topological polar surface area (TPSA) is 20.2 Å². The van der Waals surface area contributed by atoms with Crippen LogP contribution in [0.1, 0.15) is 77.0 Å². The van der Waals surface area contributed by atoms with Crippen molar-refractivity contribution in [1.82, 2.24) is 0 Å². The van der Waals surface area contributed by atoms with Crippen molar-refractivity contribution in [2.24, 2.45) is 5.41 Å². The molecule has 0 aliphatic carbocycles. The number of aliphatic hydroxyl groups is 1. The highest BCUT2D eigenvalue weighted by atomic mass is 16.3. The Kier molecular flexibility index (Phi) is 5.40. The van der Waals surface area contributed by atoms with Crippen LogP contribution in [0.3, 0.4) is 0 Å². The molecule has 0 saturated carbocycles. The lowest BCUT2D eigenvalue weighted by atomic mass is 9.76. The lowest BCUT2D eigenvalue weighted by Gasteiger charge is -2.33. The molecular weight excluding hydrogens is 220 g/mol. The first kappa shape index (κ1) is 15.2. The smallest absolute Gasteiger partial charge is 0.0843 e. The Hall–Kier alpha value is -0.820. The molecule has 0 heterocycles. The molecule has 0 bridgehead atoms. The summed E-state index contributed by atoms with van der Waals surface area (Å²) in [7, 11) is 0. The monoisotopic (exact) mass is 248 g/mol. The van der Waals surface area contributed by atoms with E-state index in [4.69, 9.17) is 0 Å². The van der Waals surface area contributed by atoms with Crippen LogP contribution in [0.5, 0.6) is 0 Å². The maximum Gasteiger partial charge on any atom is 0.0843 e. The molecule has 0 fully saturated rings. The normalized spacial score (nSPS) is 15.4.